The molecule has 0 aliphatic rings. The second-order valence-electron chi connectivity index (χ2n) is 5.41. The van der Waals surface area contributed by atoms with Gasteiger partial charge in [0.25, 0.3) is 0 Å². The Kier molecular flexibility index (Phi) is 3.50. The lowest BCUT2D eigenvalue weighted by Gasteiger charge is -2.13. The Morgan fingerprint density at radius 2 is 2.11 bits per heavy atom. The summed E-state index contributed by atoms with van der Waals surface area (Å²) in [5, 5.41) is 3.99. The first-order valence-electron chi connectivity index (χ1n) is 6.00. The van der Waals surface area contributed by atoms with Gasteiger partial charge in [-0.2, -0.15) is 0 Å². The van der Waals surface area contributed by atoms with Crippen LogP contribution in [0.3, 0.4) is 0 Å². The standard InChI is InChI=1S/C14H18N2OS/c1-14(2,3)13-16-10-6-5-9(7-12(10)18-13)11(17)8-15-4/h5-7,15H,8H2,1-4H3. The summed E-state index contributed by atoms with van der Waals surface area (Å²) in [6.07, 6.45) is 0. The number of fused-ring (bicyclic) bond motifs is 1. The fourth-order valence-electron chi connectivity index (χ4n) is 1.68. The molecule has 0 bridgehead atoms. The number of Topliss-reactive ketones (excluding diaryl/α,β-unsaturated/α-hetero) is 1. The van der Waals surface area contributed by atoms with Gasteiger partial charge in [-0.15, -0.1) is 11.3 Å². The molecule has 0 atom stereocenters. The number of nitrogens with one attached hydrogen (secondary N) is 1. The predicted molar refractivity (Wildman–Crippen MR) is 76.6 cm³/mol. The van der Waals surface area contributed by atoms with Crippen molar-refractivity contribution >= 4 is 27.3 Å². The maximum absolute atomic E-state index is 11.8. The van der Waals surface area contributed by atoms with E-state index in [1.165, 1.54) is 0 Å². The van der Waals surface area contributed by atoms with Gasteiger partial charge >= 0.3 is 0 Å². The minimum absolute atomic E-state index is 0.0544. The molecule has 18 heavy (non-hydrogen) atoms. The maximum atomic E-state index is 11.8. The fraction of sp³-hybridized carbons (Fsp3) is 0.429. The summed E-state index contributed by atoms with van der Waals surface area (Å²) in [6.45, 7) is 6.82. The smallest absolute Gasteiger partial charge is 0.176 e. The van der Waals surface area contributed by atoms with Crippen LogP contribution in [0.1, 0.15) is 36.1 Å². The Morgan fingerprint density at radius 3 is 2.72 bits per heavy atom. The Bertz CT molecular complexity index is 581. The van der Waals surface area contributed by atoms with Crippen LogP contribution in [0.4, 0.5) is 0 Å². The third-order valence-corrected chi connectivity index (χ3v) is 4.13. The summed E-state index contributed by atoms with van der Waals surface area (Å²) in [4.78, 5) is 16.4. The summed E-state index contributed by atoms with van der Waals surface area (Å²) in [7, 11) is 1.78. The molecule has 0 fully saturated rings. The molecule has 0 spiro atoms. The number of benzene rings is 1. The topological polar surface area (TPSA) is 42.0 Å². The van der Waals surface area contributed by atoms with Gasteiger partial charge in [-0.1, -0.05) is 20.8 Å². The van der Waals surface area contributed by atoms with E-state index in [-0.39, 0.29) is 11.2 Å². The van der Waals surface area contributed by atoms with Crippen molar-refractivity contribution in [3.63, 3.8) is 0 Å². The van der Waals surface area contributed by atoms with Crippen molar-refractivity contribution in [3.05, 3.63) is 28.8 Å². The number of hydrogen-bond donors (Lipinski definition) is 1. The van der Waals surface area contributed by atoms with Gasteiger partial charge in [-0.05, 0) is 25.2 Å². The van der Waals surface area contributed by atoms with Gasteiger partial charge in [-0.25, -0.2) is 4.98 Å². The van der Waals surface area contributed by atoms with E-state index in [1.54, 1.807) is 18.4 Å². The Morgan fingerprint density at radius 1 is 1.39 bits per heavy atom. The molecular formula is C14H18N2OS. The molecule has 3 nitrogen and oxygen atoms in total. The van der Waals surface area contributed by atoms with Crippen molar-refractivity contribution in [2.45, 2.75) is 26.2 Å². The molecule has 0 amide bonds. The van der Waals surface area contributed by atoms with Crippen molar-refractivity contribution in [2.75, 3.05) is 13.6 Å². The highest BCUT2D eigenvalue weighted by Gasteiger charge is 2.19. The number of rotatable bonds is 3. The normalized spacial score (nSPS) is 12.0. The lowest BCUT2D eigenvalue weighted by atomic mass is 9.98. The first-order chi connectivity index (χ1) is 8.41. The molecule has 1 aromatic heterocycles. The largest absolute Gasteiger partial charge is 0.313 e. The molecule has 0 saturated carbocycles. The van der Waals surface area contributed by atoms with E-state index in [1.807, 2.05) is 18.2 Å². The van der Waals surface area contributed by atoms with Crippen LogP contribution in [0, 0.1) is 0 Å². The molecule has 0 aliphatic carbocycles. The molecule has 4 heteroatoms. The number of carbonyl (C=O) groups excluding carboxylic acids is 1. The van der Waals surface area contributed by atoms with Crippen LogP contribution in [0.2, 0.25) is 0 Å². The van der Waals surface area contributed by atoms with E-state index in [9.17, 15) is 4.79 Å². The Balaban J connectivity index is 2.43. The Labute approximate surface area is 111 Å². The van der Waals surface area contributed by atoms with Gasteiger partial charge in [0.05, 0.1) is 21.8 Å². The third-order valence-electron chi connectivity index (χ3n) is 2.69. The van der Waals surface area contributed by atoms with Crippen molar-refractivity contribution in [1.29, 1.82) is 0 Å². The molecule has 2 aromatic rings. The number of carbonyl (C=O) groups is 1. The number of aromatic nitrogens is 1. The zero-order chi connectivity index (χ0) is 13.3. The molecule has 96 valence electrons. The molecule has 0 radical (unpaired) electrons. The third kappa shape index (κ3) is 2.60. The molecule has 2 rings (SSSR count). The minimum Gasteiger partial charge on any atom is -0.313 e. The van der Waals surface area contributed by atoms with E-state index < -0.39 is 0 Å². The van der Waals surface area contributed by atoms with Crippen molar-refractivity contribution in [1.82, 2.24) is 10.3 Å². The fourth-order valence-corrected chi connectivity index (χ4v) is 2.74. The average Bonchev–Trinajstić information content (AvgIpc) is 2.71. The number of likely N-dealkylation sites (N-methyl/N-ethyl adjacent to an activating group) is 1. The van der Waals surface area contributed by atoms with Gasteiger partial charge in [-0.3, -0.25) is 4.79 Å². The van der Waals surface area contributed by atoms with E-state index in [4.69, 9.17) is 0 Å². The molecule has 1 heterocycles. The zero-order valence-electron chi connectivity index (χ0n) is 11.2. The average molecular weight is 262 g/mol. The lowest BCUT2D eigenvalue weighted by molar-refractivity contribution is 0.0994. The number of hydrogen-bond acceptors (Lipinski definition) is 4. The quantitative estimate of drug-likeness (QED) is 0.865. The summed E-state index contributed by atoms with van der Waals surface area (Å²) in [5.41, 5.74) is 1.78. The van der Waals surface area contributed by atoms with Gasteiger partial charge < -0.3 is 5.32 Å². The van der Waals surface area contributed by atoms with Crippen LogP contribution in [0.15, 0.2) is 18.2 Å². The molecule has 1 N–H and O–H groups in total. The second-order valence-corrected chi connectivity index (χ2v) is 6.44. The van der Waals surface area contributed by atoms with Crippen LogP contribution in [0.25, 0.3) is 10.2 Å². The molecule has 0 aliphatic heterocycles. The van der Waals surface area contributed by atoms with Crippen LogP contribution >= 0.6 is 11.3 Å². The molecule has 0 saturated heterocycles. The molecular weight excluding hydrogens is 244 g/mol. The first kappa shape index (κ1) is 13.2. The first-order valence-corrected chi connectivity index (χ1v) is 6.82. The lowest BCUT2D eigenvalue weighted by Crippen LogP contribution is -2.18. The molecule has 1 aromatic carbocycles. The number of thiazole rings is 1. The van der Waals surface area contributed by atoms with Gasteiger partial charge in [0.1, 0.15) is 0 Å². The highest BCUT2D eigenvalue weighted by molar-refractivity contribution is 7.18. The van der Waals surface area contributed by atoms with E-state index in [0.29, 0.717) is 6.54 Å². The van der Waals surface area contributed by atoms with Gasteiger partial charge in [0, 0.05) is 11.0 Å². The highest BCUT2D eigenvalue weighted by Crippen LogP contribution is 2.31. The summed E-state index contributed by atoms with van der Waals surface area (Å²) < 4.78 is 1.09. The van der Waals surface area contributed by atoms with Crippen LogP contribution < -0.4 is 5.32 Å². The minimum atomic E-state index is 0.0544. The Hall–Kier alpha value is -1.26. The number of ketones is 1. The summed E-state index contributed by atoms with van der Waals surface area (Å²) >= 11 is 1.67. The van der Waals surface area contributed by atoms with Crippen LogP contribution in [-0.4, -0.2) is 24.4 Å². The second kappa shape index (κ2) is 4.78. The predicted octanol–water partition coefficient (Wildman–Crippen LogP) is 3.00. The van der Waals surface area contributed by atoms with Gasteiger partial charge in [0.2, 0.25) is 0 Å². The highest BCUT2D eigenvalue weighted by atomic mass is 32.1. The van der Waals surface area contributed by atoms with Gasteiger partial charge in [0.15, 0.2) is 5.78 Å². The molecule has 0 unspecified atom stereocenters. The zero-order valence-corrected chi connectivity index (χ0v) is 12.0. The summed E-state index contributed by atoms with van der Waals surface area (Å²) in [5.74, 6) is 0.116. The summed E-state index contributed by atoms with van der Waals surface area (Å²) in [6, 6.07) is 5.74. The van der Waals surface area contributed by atoms with Crippen molar-refractivity contribution in [3.8, 4) is 0 Å². The maximum Gasteiger partial charge on any atom is 0.176 e. The SMILES string of the molecule is CNCC(=O)c1ccc2nc(C(C)(C)C)sc2c1. The van der Waals surface area contributed by atoms with Crippen molar-refractivity contribution < 1.29 is 4.79 Å². The van der Waals surface area contributed by atoms with Crippen LogP contribution in [-0.2, 0) is 5.41 Å². The van der Waals surface area contributed by atoms with E-state index >= 15 is 0 Å². The monoisotopic (exact) mass is 262 g/mol. The van der Waals surface area contributed by atoms with E-state index in [2.05, 4.69) is 31.1 Å². The van der Waals surface area contributed by atoms with E-state index in [0.717, 1.165) is 20.8 Å². The van der Waals surface area contributed by atoms with Crippen molar-refractivity contribution in [2.24, 2.45) is 0 Å². The van der Waals surface area contributed by atoms with Crippen LogP contribution in [0.5, 0.6) is 0 Å². The number of nitrogens with zero attached hydrogens (tertiary/aromatic N) is 1.